The molecule has 0 rings (SSSR count). The molecule has 5 heteroatoms. The zero-order valence-electron chi connectivity index (χ0n) is 19.4. The third-order valence-electron chi connectivity index (χ3n) is 5.08. The van der Waals surface area contributed by atoms with Crippen molar-refractivity contribution in [3.05, 3.63) is 0 Å². The first kappa shape index (κ1) is 27.7. The van der Waals surface area contributed by atoms with Crippen molar-refractivity contribution in [3.8, 4) is 0 Å². The topological polar surface area (TPSA) is 64.6 Å². The number of unbranched alkanes of at least 4 members (excludes halogenated alkanes) is 13. The van der Waals surface area contributed by atoms with E-state index in [0.29, 0.717) is 13.2 Å². The lowest BCUT2D eigenvalue weighted by Gasteiger charge is -2.13. The second-order valence-corrected chi connectivity index (χ2v) is 8.20. The summed E-state index contributed by atoms with van der Waals surface area (Å²) in [5, 5.41) is 2.66. The number of carbonyl (C=O) groups is 2. The number of hydrogen-bond donors (Lipinski definition) is 1. The zero-order valence-corrected chi connectivity index (χ0v) is 19.4. The summed E-state index contributed by atoms with van der Waals surface area (Å²) in [6.45, 7) is 6.98. The highest BCUT2D eigenvalue weighted by atomic mass is 16.5. The van der Waals surface area contributed by atoms with Gasteiger partial charge in [0.1, 0.15) is 0 Å². The lowest BCUT2D eigenvalue weighted by atomic mass is 10.0. The van der Waals surface area contributed by atoms with Gasteiger partial charge in [0.15, 0.2) is 0 Å². The van der Waals surface area contributed by atoms with Gasteiger partial charge in [-0.2, -0.15) is 0 Å². The van der Waals surface area contributed by atoms with Gasteiger partial charge in [-0.15, -0.1) is 0 Å². The van der Waals surface area contributed by atoms with Crippen LogP contribution in [0, 0.1) is 0 Å². The van der Waals surface area contributed by atoms with Crippen LogP contribution in [0.3, 0.4) is 0 Å². The number of hydrogen-bond acceptors (Lipinski definition) is 4. The number of nitrogens with one attached hydrogen (secondary N) is 1. The van der Waals surface area contributed by atoms with Gasteiger partial charge in [0.05, 0.1) is 19.6 Å². The highest BCUT2D eigenvalue weighted by Crippen LogP contribution is 2.12. The monoisotopic (exact) mass is 413 g/mol. The first-order chi connectivity index (χ1) is 14.1. The smallest absolute Gasteiger partial charge is 0.407 e. The van der Waals surface area contributed by atoms with Gasteiger partial charge < -0.3 is 14.8 Å². The molecule has 172 valence electrons. The first-order valence-electron chi connectivity index (χ1n) is 12.2. The Balaban J connectivity index is 3.37. The van der Waals surface area contributed by atoms with Crippen LogP contribution in [0.25, 0.3) is 0 Å². The van der Waals surface area contributed by atoms with E-state index >= 15 is 0 Å². The predicted molar refractivity (Wildman–Crippen MR) is 120 cm³/mol. The second-order valence-electron chi connectivity index (χ2n) is 8.20. The normalized spacial score (nSPS) is 11.8. The third kappa shape index (κ3) is 21.3. The van der Waals surface area contributed by atoms with Crippen molar-refractivity contribution in [2.24, 2.45) is 0 Å². The van der Waals surface area contributed by atoms with Gasteiger partial charge in [-0.25, -0.2) is 4.79 Å². The van der Waals surface area contributed by atoms with Gasteiger partial charge in [0.2, 0.25) is 0 Å². The summed E-state index contributed by atoms with van der Waals surface area (Å²) in [5.41, 5.74) is 0. The molecule has 0 aromatic heterocycles. The molecule has 0 aliphatic rings. The molecule has 29 heavy (non-hydrogen) atoms. The molecule has 0 aromatic rings. The van der Waals surface area contributed by atoms with Gasteiger partial charge in [0.25, 0.3) is 0 Å². The Bertz CT molecular complexity index is 387. The Morgan fingerprint density at radius 1 is 0.655 bits per heavy atom. The summed E-state index contributed by atoms with van der Waals surface area (Å²) < 4.78 is 10.3. The molecule has 0 radical (unpaired) electrons. The maximum atomic E-state index is 11.8. The van der Waals surface area contributed by atoms with E-state index in [4.69, 9.17) is 9.47 Å². The van der Waals surface area contributed by atoms with E-state index in [9.17, 15) is 9.59 Å². The summed E-state index contributed by atoms with van der Waals surface area (Å²) >= 11 is 0. The van der Waals surface area contributed by atoms with Crippen LogP contribution in [0.4, 0.5) is 4.79 Å². The summed E-state index contributed by atoms with van der Waals surface area (Å²) in [5.74, 6) is -0.259. The van der Waals surface area contributed by atoms with Crippen molar-refractivity contribution >= 4 is 12.1 Å². The molecular weight excluding hydrogens is 366 g/mol. The summed E-state index contributed by atoms with van der Waals surface area (Å²) in [6.07, 6.45) is 18.5. The van der Waals surface area contributed by atoms with Crippen molar-refractivity contribution < 1.29 is 19.1 Å². The van der Waals surface area contributed by atoms with Crippen LogP contribution < -0.4 is 5.32 Å². The molecule has 1 atom stereocenters. The average Bonchev–Trinajstić information content (AvgIpc) is 2.68. The fourth-order valence-electron chi connectivity index (χ4n) is 3.22. The van der Waals surface area contributed by atoms with Crippen LogP contribution in [0.2, 0.25) is 0 Å². The predicted octanol–water partition coefficient (Wildman–Crippen LogP) is 6.93. The molecule has 5 nitrogen and oxygen atoms in total. The van der Waals surface area contributed by atoms with E-state index in [2.05, 4.69) is 12.2 Å². The van der Waals surface area contributed by atoms with E-state index in [1.807, 2.05) is 6.92 Å². The summed E-state index contributed by atoms with van der Waals surface area (Å²) in [4.78, 5) is 23.3. The lowest BCUT2D eigenvalue weighted by Crippen LogP contribution is -2.35. The Labute approximate surface area is 179 Å². The zero-order chi connectivity index (χ0) is 21.6. The van der Waals surface area contributed by atoms with Crippen LogP contribution >= 0.6 is 0 Å². The fraction of sp³-hybridized carbons (Fsp3) is 0.917. The molecule has 0 fully saturated rings. The van der Waals surface area contributed by atoms with Crippen LogP contribution in [0.5, 0.6) is 0 Å². The molecule has 0 aromatic carbocycles. The summed E-state index contributed by atoms with van der Waals surface area (Å²) in [6, 6.07) is -0.275. The second kappa shape index (κ2) is 21.4. The summed E-state index contributed by atoms with van der Waals surface area (Å²) in [7, 11) is 0. The minimum Gasteiger partial charge on any atom is -0.466 e. The average molecular weight is 414 g/mol. The molecule has 0 bridgehead atoms. The number of carbonyl (C=O) groups excluding carboxylic acids is 2. The lowest BCUT2D eigenvalue weighted by molar-refractivity contribution is -0.144. The van der Waals surface area contributed by atoms with Crippen LogP contribution in [-0.2, 0) is 14.3 Å². The first-order valence-corrected chi connectivity index (χ1v) is 12.2. The van der Waals surface area contributed by atoms with E-state index in [0.717, 1.165) is 25.7 Å². The highest BCUT2D eigenvalue weighted by molar-refractivity contribution is 5.72. The van der Waals surface area contributed by atoms with Gasteiger partial charge in [-0.05, 0) is 19.8 Å². The quantitative estimate of drug-likeness (QED) is 0.174. The van der Waals surface area contributed by atoms with Gasteiger partial charge in [0, 0.05) is 6.04 Å². The van der Waals surface area contributed by atoms with Crippen molar-refractivity contribution in [1.82, 2.24) is 5.32 Å². The van der Waals surface area contributed by atoms with Crippen molar-refractivity contribution in [2.75, 3.05) is 13.2 Å². The van der Waals surface area contributed by atoms with Crippen molar-refractivity contribution in [2.45, 2.75) is 130 Å². The SMILES string of the molecule is CCCCCCCCCCCCCCCOC(=O)CC(C)NC(=O)OCCCC. The van der Waals surface area contributed by atoms with Crippen molar-refractivity contribution in [1.29, 1.82) is 0 Å². The van der Waals surface area contributed by atoms with E-state index in [1.54, 1.807) is 6.92 Å². The van der Waals surface area contributed by atoms with Crippen LogP contribution in [0.15, 0.2) is 0 Å². The van der Waals surface area contributed by atoms with Gasteiger partial charge in [-0.3, -0.25) is 4.79 Å². The maximum absolute atomic E-state index is 11.8. The van der Waals surface area contributed by atoms with E-state index in [1.165, 1.54) is 70.6 Å². The molecule has 0 saturated heterocycles. The maximum Gasteiger partial charge on any atom is 0.407 e. The molecule has 0 saturated carbocycles. The van der Waals surface area contributed by atoms with Gasteiger partial charge >= 0.3 is 12.1 Å². The molecule has 0 heterocycles. The van der Waals surface area contributed by atoms with Gasteiger partial charge in [-0.1, -0.05) is 97.3 Å². The Morgan fingerprint density at radius 2 is 1.10 bits per heavy atom. The number of alkyl carbamates (subject to hydrolysis) is 1. The number of amides is 1. The minimum atomic E-state index is -0.463. The number of ether oxygens (including phenoxy) is 2. The van der Waals surface area contributed by atoms with E-state index < -0.39 is 6.09 Å². The molecular formula is C24H47NO4. The molecule has 1 unspecified atom stereocenters. The fourth-order valence-corrected chi connectivity index (χ4v) is 3.22. The van der Waals surface area contributed by atoms with Crippen LogP contribution in [0.1, 0.15) is 124 Å². The highest BCUT2D eigenvalue weighted by Gasteiger charge is 2.13. The number of rotatable bonds is 20. The standard InChI is InChI=1S/C24H47NO4/c1-4-6-8-9-10-11-12-13-14-15-16-17-18-20-28-23(26)21-22(3)25-24(27)29-19-7-5-2/h22H,4-21H2,1-3H3,(H,25,27). The van der Waals surface area contributed by atoms with Crippen molar-refractivity contribution in [3.63, 3.8) is 0 Å². The molecule has 0 aliphatic carbocycles. The van der Waals surface area contributed by atoms with Crippen LogP contribution in [-0.4, -0.2) is 31.3 Å². The Hall–Kier alpha value is -1.26. The Kier molecular flexibility index (Phi) is 20.5. The molecule has 1 amide bonds. The molecule has 1 N–H and O–H groups in total. The molecule has 0 aliphatic heterocycles. The number of esters is 1. The molecule has 0 spiro atoms. The van der Waals surface area contributed by atoms with E-state index in [-0.39, 0.29) is 18.4 Å². The largest absolute Gasteiger partial charge is 0.466 e. The minimum absolute atomic E-state index is 0.182. The Morgan fingerprint density at radius 3 is 1.62 bits per heavy atom. The third-order valence-corrected chi connectivity index (χ3v) is 5.08.